The van der Waals surface area contributed by atoms with Gasteiger partial charge in [0, 0.05) is 6.42 Å². The van der Waals surface area contributed by atoms with Gasteiger partial charge in [0.2, 0.25) is 16.4 Å². The number of carbonyl (C=O) groups is 2. The lowest BCUT2D eigenvalue weighted by Crippen LogP contribution is -2.45. The minimum Gasteiger partial charge on any atom is -0.299 e. The van der Waals surface area contributed by atoms with Gasteiger partial charge in [-0.2, -0.15) is 0 Å². The summed E-state index contributed by atoms with van der Waals surface area (Å²) in [5.41, 5.74) is -1.09. The first-order chi connectivity index (χ1) is 7.75. The summed E-state index contributed by atoms with van der Waals surface area (Å²) in [7, 11) is -3.70. The van der Waals surface area contributed by atoms with Crippen LogP contribution >= 0.6 is 0 Å². The largest absolute Gasteiger partial charge is 0.299 e. The zero-order valence-corrected chi connectivity index (χ0v) is 10.8. The normalized spacial score (nSPS) is 34.9. The molecule has 2 rings (SSSR count). The van der Waals surface area contributed by atoms with Crippen LogP contribution in [0, 0.1) is 16.7 Å². The molecule has 0 spiro atoms. The van der Waals surface area contributed by atoms with Gasteiger partial charge in [-0.05, 0) is 24.2 Å². The van der Waals surface area contributed by atoms with Gasteiger partial charge in [0.05, 0.1) is 11.2 Å². The van der Waals surface area contributed by atoms with Crippen LogP contribution in [0.5, 0.6) is 0 Å². The molecule has 2 fully saturated rings. The van der Waals surface area contributed by atoms with Gasteiger partial charge < -0.3 is 0 Å². The highest BCUT2D eigenvalue weighted by Gasteiger charge is 2.65. The molecular weight excluding hydrogens is 242 g/mol. The molecule has 0 radical (unpaired) electrons. The van der Waals surface area contributed by atoms with Crippen molar-refractivity contribution >= 4 is 22.2 Å². The lowest BCUT2D eigenvalue weighted by Gasteiger charge is -2.35. The standard InChI is InChI=1S/C11H17NO4S/c1-10(2)8-3-4-11(10,9(14)5-8)6-17(15,16)12-7-13/h7-8H,3-6H2,1-2H3,(H,12,13). The van der Waals surface area contributed by atoms with E-state index in [9.17, 15) is 18.0 Å². The molecule has 2 aliphatic rings. The van der Waals surface area contributed by atoms with Crippen LogP contribution in [0.3, 0.4) is 0 Å². The Morgan fingerprint density at radius 2 is 2.12 bits per heavy atom. The van der Waals surface area contributed by atoms with Crippen molar-refractivity contribution < 1.29 is 18.0 Å². The fourth-order valence-corrected chi connectivity index (χ4v) is 5.10. The molecule has 0 aromatic carbocycles. The van der Waals surface area contributed by atoms with Crippen molar-refractivity contribution in [2.45, 2.75) is 33.1 Å². The number of Topliss-reactive ketones (excluding diaryl/α,β-unsaturated/α-hetero) is 1. The second kappa shape index (κ2) is 3.54. The Hall–Kier alpha value is -0.910. The number of nitrogens with one attached hydrogen (secondary N) is 1. The lowest BCUT2D eigenvalue weighted by molar-refractivity contribution is -0.128. The molecular formula is C11H17NO4S. The van der Waals surface area contributed by atoms with E-state index < -0.39 is 15.4 Å². The third-order valence-corrected chi connectivity index (χ3v) is 6.13. The third-order valence-electron chi connectivity index (χ3n) is 4.80. The van der Waals surface area contributed by atoms with Crippen LogP contribution in [0.15, 0.2) is 0 Å². The SMILES string of the molecule is CC1(C)C2CCC1(CS(=O)(=O)NC=O)C(=O)C2. The van der Waals surface area contributed by atoms with Crippen molar-refractivity contribution in [3.05, 3.63) is 0 Å². The van der Waals surface area contributed by atoms with Crippen molar-refractivity contribution in [3.8, 4) is 0 Å². The molecule has 5 nitrogen and oxygen atoms in total. The Kier molecular flexibility index (Phi) is 2.61. The molecule has 96 valence electrons. The Morgan fingerprint density at radius 1 is 1.47 bits per heavy atom. The average Bonchev–Trinajstić information content (AvgIpc) is 2.50. The number of sulfonamides is 1. The highest BCUT2D eigenvalue weighted by atomic mass is 32.2. The van der Waals surface area contributed by atoms with Gasteiger partial charge in [0.1, 0.15) is 5.78 Å². The molecule has 2 atom stereocenters. The van der Waals surface area contributed by atoms with E-state index in [4.69, 9.17) is 0 Å². The summed E-state index contributed by atoms with van der Waals surface area (Å²) in [6, 6.07) is 0. The summed E-state index contributed by atoms with van der Waals surface area (Å²) in [4.78, 5) is 22.3. The van der Waals surface area contributed by atoms with E-state index in [-0.39, 0.29) is 29.3 Å². The van der Waals surface area contributed by atoms with Gasteiger partial charge in [0.25, 0.3) is 0 Å². The fraction of sp³-hybridized carbons (Fsp3) is 0.818. The predicted molar refractivity (Wildman–Crippen MR) is 61.5 cm³/mol. The van der Waals surface area contributed by atoms with Crippen LogP contribution in [-0.4, -0.2) is 26.4 Å². The van der Waals surface area contributed by atoms with Gasteiger partial charge in [-0.1, -0.05) is 13.8 Å². The summed E-state index contributed by atoms with van der Waals surface area (Å²) >= 11 is 0. The number of ketones is 1. The Labute approximate surface area is 101 Å². The molecule has 2 bridgehead atoms. The van der Waals surface area contributed by atoms with Crippen molar-refractivity contribution in [2.24, 2.45) is 16.7 Å². The number of carbonyl (C=O) groups excluding carboxylic acids is 2. The summed E-state index contributed by atoms with van der Waals surface area (Å²) < 4.78 is 25.2. The summed E-state index contributed by atoms with van der Waals surface area (Å²) in [5, 5.41) is 0. The van der Waals surface area contributed by atoms with E-state index >= 15 is 0 Å². The number of rotatable bonds is 4. The van der Waals surface area contributed by atoms with Crippen LogP contribution in [0.25, 0.3) is 0 Å². The number of amides is 1. The molecule has 0 aliphatic heterocycles. The van der Waals surface area contributed by atoms with Crippen molar-refractivity contribution in [2.75, 3.05) is 5.75 Å². The van der Waals surface area contributed by atoms with Crippen LogP contribution < -0.4 is 4.72 Å². The summed E-state index contributed by atoms with van der Waals surface area (Å²) in [6.45, 7) is 3.93. The van der Waals surface area contributed by atoms with E-state index in [1.165, 1.54) is 0 Å². The third kappa shape index (κ3) is 1.61. The zero-order chi connectivity index (χ0) is 12.9. The molecule has 1 amide bonds. The molecule has 0 aromatic rings. The minimum atomic E-state index is -3.70. The van der Waals surface area contributed by atoms with Crippen molar-refractivity contribution in [3.63, 3.8) is 0 Å². The number of hydrogen-bond acceptors (Lipinski definition) is 4. The monoisotopic (exact) mass is 259 g/mol. The molecule has 0 saturated heterocycles. The highest BCUT2D eigenvalue weighted by molar-refractivity contribution is 7.90. The first-order valence-corrected chi connectivity index (χ1v) is 7.37. The molecule has 1 N–H and O–H groups in total. The molecule has 17 heavy (non-hydrogen) atoms. The zero-order valence-electron chi connectivity index (χ0n) is 10.0. The van der Waals surface area contributed by atoms with Crippen LogP contribution in [0.1, 0.15) is 33.1 Å². The first kappa shape index (κ1) is 12.5. The van der Waals surface area contributed by atoms with E-state index in [2.05, 4.69) is 0 Å². The van der Waals surface area contributed by atoms with Gasteiger partial charge in [0.15, 0.2) is 0 Å². The maximum Gasteiger partial charge on any atom is 0.235 e. The molecule has 0 aromatic heterocycles. The molecule has 2 aliphatic carbocycles. The van der Waals surface area contributed by atoms with Gasteiger partial charge in [-0.3, -0.25) is 14.3 Å². The van der Waals surface area contributed by atoms with Crippen LogP contribution in [-0.2, 0) is 19.6 Å². The maximum absolute atomic E-state index is 12.1. The number of hydrogen-bond donors (Lipinski definition) is 1. The molecule has 0 heterocycles. The molecule has 2 saturated carbocycles. The first-order valence-electron chi connectivity index (χ1n) is 5.72. The lowest BCUT2D eigenvalue weighted by atomic mass is 9.70. The topological polar surface area (TPSA) is 80.3 Å². The second-order valence-electron chi connectivity index (χ2n) is 5.66. The van der Waals surface area contributed by atoms with Crippen LogP contribution in [0.4, 0.5) is 0 Å². The van der Waals surface area contributed by atoms with Gasteiger partial charge in [-0.25, -0.2) is 8.42 Å². The number of fused-ring (bicyclic) bond motifs is 2. The smallest absolute Gasteiger partial charge is 0.235 e. The Morgan fingerprint density at radius 3 is 2.53 bits per heavy atom. The van der Waals surface area contributed by atoms with E-state index in [1.54, 1.807) is 0 Å². The van der Waals surface area contributed by atoms with Gasteiger partial charge >= 0.3 is 0 Å². The molecule has 2 unspecified atom stereocenters. The Bertz CT molecular complexity index is 468. The van der Waals surface area contributed by atoms with E-state index in [1.807, 2.05) is 18.6 Å². The summed E-state index contributed by atoms with van der Waals surface area (Å²) in [5.74, 6) is 0.0533. The van der Waals surface area contributed by atoms with Crippen molar-refractivity contribution in [1.82, 2.24) is 4.72 Å². The minimum absolute atomic E-state index is 0.0371. The maximum atomic E-state index is 12.1. The van der Waals surface area contributed by atoms with Crippen LogP contribution in [0.2, 0.25) is 0 Å². The quantitative estimate of drug-likeness (QED) is 0.744. The van der Waals surface area contributed by atoms with E-state index in [0.717, 1.165) is 6.42 Å². The van der Waals surface area contributed by atoms with Gasteiger partial charge in [-0.15, -0.1) is 0 Å². The predicted octanol–water partition coefficient (Wildman–Crippen LogP) is 0.458. The Balaban J connectivity index is 2.36. The summed E-state index contributed by atoms with van der Waals surface area (Å²) in [6.07, 6.45) is 2.15. The van der Waals surface area contributed by atoms with E-state index in [0.29, 0.717) is 12.8 Å². The highest BCUT2D eigenvalue weighted by Crippen LogP contribution is 2.64. The fourth-order valence-electron chi connectivity index (χ4n) is 3.55. The molecule has 6 heteroatoms. The second-order valence-corrected chi connectivity index (χ2v) is 7.42. The van der Waals surface area contributed by atoms with Crippen molar-refractivity contribution in [1.29, 1.82) is 0 Å². The average molecular weight is 259 g/mol.